The summed E-state index contributed by atoms with van der Waals surface area (Å²) in [5, 5.41) is 9.60. The topological polar surface area (TPSA) is 79.7 Å². The van der Waals surface area contributed by atoms with Gasteiger partial charge in [0.15, 0.2) is 0 Å². The lowest BCUT2D eigenvalue weighted by molar-refractivity contribution is -0.137. The molecule has 1 aromatic rings. The number of aryl methyl sites for hydroxylation is 1. The van der Waals surface area contributed by atoms with Crippen molar-refractivity contribution < 1.29 is 19.4 Å². The van der Waals surface area contributed by atoms with E-state index in [-0.39, 0.29) is 18.2 Å². The van der Waals surface area contributed by atoms with Gasteiger partial charge in [-0.2, -0.15) is 0 Å². The smallest absolute Gasteiger partial charge is 0.303 e. The molecule has 1 atom stereocenters. The summed E-state index contributed by atoms with van der Waals surface area (Å²) in [6, 6.07) is 0. The predicted molar refractivity (Wildman–Crippen MR) is 83.1 cm³/mol. The van der Waals surface area contributed by atoms with Gasteiger partial charge in [0, 0.05) is 26.6 Å². The summed E-state index contributed by atoms with van der Waals surface area (Å²) in [6.45, 7) is 3.64. The molecule has 0 aromatic carbocycles. The van der Waals surface area contributed by atoms with Crippen molar-refractivity contribution in [3.63, 3.8) is 0 Å². The van der Waals surface area contributed by atoms with Gasteiger partial charge in [0.25, 0.3) is 5.91 Å². The van der Waals surface area contributed by atoms with E-state index in [2.05, 4.69) is 4.98 Å². The van der Waals surface area contributed by atoms with Crippen LogP contribution in [0.3, 0.4) is 0 Å². The Labute approximate surface area is 134 Å². The molecule has 0 bridgehead atoms. The molecule has 1 saturated heterocycles. The normalized spacial score (nSPS) is 18.5. The van der Waals surface area contributed by atoms with E-state index >= 15 is 0 Å². The fraction of sp³-hybridized carbons (Fsp3) is 0.667. The molecule has 7 heteroatoms. The molecule has 1 aliphatic rings. The van der Waals surface area contributed by atoms with Gasteiger partial charge in [0.1, 0.15) is 9.88 Å². The van der Waals surface area contributed by atoms with Crippen molar-refractivity contribution in [3.8, 4) is 0 Å². The number of ether oxygens (including phenoxy) is 1. The largest absolute Gasteiger partial charge is 0.481 e. The second-order valence-corrected chi connectivity index (χ2v) is 6.73. The average Bonchev–Trinajstić information content (AvgIpc) is 2.86. The summed E-state index contributed by atoms with van der Waals surface area (Å²) >= 11 is 1.38. The quantitative estimate of drug-likeness (QED) is 0.868. The average molecular weight is 326 g/mol. The van der Waals surface area contributed by atoms with E-state index in [1.807, 2.05) is 11.8 Å². The van der Waals surface area contributed by atoms with Gasteiger partial charge in [0.05, 0.1) is 12.3 Å². The summed E-state index contributed by atoms with van der Waals surface area (Å²) in [7, 11) is 1.61. The molecule has 0 aliphatic carbocycles. The maximum atomic E-state index is 12.7. The second-order valence-electron chi connectivity index (χ2n) is 5.65. The number of aliphatic carboxylic acids is 1. The molecule has 1 aliphatic heterocycles. The molecule has 0 radical (unpaired) electrons. The molecule has 2 heterocycles. The van der Waals surface area contributed by atoms with Crippen LogP contribution in [0.5, 0.6) is 0 Å². The molecule has 0 saturated carbocycles. The van der Waals surface area contributed by atoms with Crippen LogP contribution in [0.4, 0.5) is 0 Å². The van der Waals surface area contributed by atoms with Crippen molar-refractivity contribution in [2.24, 2.45) is 5.92 Å². The van der Waals surface area contributed by atoms with Gasteiger partial charge in [-0.15, -0.1) is 11.3 Å². The number of methoxy groups -OCH3 is 1. The highest BCUT2D eigenvalue weighted by molar-refractivity contribution is 7.13. The minimum absolute atomic E-state index is 0.0115. The van der Waals surface area contributed by atoms with Gasteiger partial charge in [-0.05, 0) is 32.1 Å². The number of nitrogens with zero attached hydrogens (tertiary/aromatic N) is 2. The first-order chi connectivity index (χ1) is 10.5. The Bertz CT molecular complexity index is 544. The number of carbonyl (C=O) groups excluding carboxylic acids is 1. The van der Waals surface area contributed by atoms with Crippen molar-refractivity contribution in [1.29, 1.82) is 0 Å². The molecule has 0 spiro atoms. The molecule has 1 fully saturated rings. The zero-order valence-corrected chi connectivity index (χ0v) is 13.8. The Kier molecular flexibility index (Phi) is 5.90. The van der Waals surface area contributed by atoms with E-state index in [0.29, 0.717) is 24.4 Å². The number of carboxylic acids is 1. The van der Waals surface area contributed by atoms with Gasteiger partial charge in [0.2, 0.25) is 0 Å². The number of carboxylic acid groups (broad SMARTS) is 1. The number of piperidine rings is 1. The van der Waals surface area contributed by atoms with Crippen molar-refractivity contribution in [1.82, 2.24) is 9.88 Å². The van der Waals surface area contributed by atoms with E-state index in [1.165, 1.54) is 11.3 Å². The summed E-state index contributed by atoms with van der Waals surface area (Å²) in [5.74, 6) is -0.483. The second kappa shape index (κ2) is 7.69. The zero-order valence-electron chi connectivity index (χ0n) is 13.0. The number of amides is 1. The van der Waals surface area contributed by atoms with Crippen molar-refractivity contribution >= 4 is 23.2 Å². The number of hydrogen-bond acceptors (Lipinski definition) is 5. The lowest BCUT2D eigenvalue weighted by atomic mass is 9.93. The fourth-order valence-electron chi connectivity index (χ4n) is 2.79. The third-order valence-corrected chi connectivity index (χ3v) is 4.99. The number of aromatic nitrogens is 1. The van der Waals surface area contributed by atoms with Gasteiger partial charge in [-0.1, -0.05) is 0 Å². The molecule has 1 aromatic heterocycles. The summed E-state index contributed by atoms with van der Waals surface area (Å²) in [5.41, 5.74) is 0.745. The van der Waals surface area contributed by atoms with Gasteiger partial charge in [-0.3, -0.25) is 9.59 Å². The molecular formula is C15H22N2O4S. The molecular weight excluding hydrogens is 304 g/mol. The lowest BCUT2D eigenvalue weighted by Gasteiger charge is -2.32. The van der Waals surface area contributed by atoms with Crippen LogP contribution in [-0.2, 0) is 16.1 Å². The van der Waals surface area contributed by atoms with Crippen LogP contribution in [0.1, 0.15) is 46.1 Å². The molecule has 2 rings (SSSR count). The maximum absolute atomic E-state index is 12.7. The van der Waals surface area contributed by atoms with Gasteiger partial charge >= 0.3 is 5.97 Å². The Balaban J connectivity index is 2.00. The summed E-state index contributed by atoms with van der Waals surface area (Å²) < 4.78 is 5.06. The van der Waals surface area contributed by atoms with Crippen LogP contribution in [0.25, 0.3) is 0 Å². The first-order valence-electron chi connectivity index (χ1n) is 7.47. The number of likely N-dealkylation sites (tertiary alicyclic amines) is 1. The Morgan fingerprint density at radius 3 is 2.95 bits per heavy atom. The minimum atomic E-state index is -0.772. The first-order valence-corrected chi connectivity index (χ1v) is 8.29. The van der Waals surface area contributed by atoms with Crippen molar-refractivity contribution in [3.05, 3.63) is 15.6 Å². The number of hydrogen-bond donors (Lipinski definition) is 1. The molecule has 6 nitrogen and oxygen atoms in total. The number of carbonyl (C=O) groups is 2. The van der Waals surface area contributed by atoms with Crippen LogP contribution in [0, 0.1) is 12.8 Å². The van der Waals surface area contributed by atoms with E-state index in [0.717, 1.165) is 30.1 Å². The van der Waals surface area contributed by atoms with E-state index < -0.39 is 5.97 Å². The minimum Gasteiger partial charge on any atom is -0.481 e. The van der Waals surface area contributed by atoms with Crippen LogP contribution < -0.4 is 0 Å². The molecule has 122 valence electrons. The summed E-state index contributed by atoms with van der Waals surface area (Å²) in [4.78, 5) is 30.2. The van der Waals surface area contributed by atoms with Crippen LogP contribution in [0.2, 0.25) is 0 Å². The third kappa shape index (κ3) is 4.27. The standard InChI is InChI=1S/C15H22N2O4S/c1-10-14(22-12(16-10)9-21-2)15(20)17-7-3-4-11(8-17)5-6-13(18)19/h11H,3-9H2,1-2H3,(H,18,19). The predicted octanol–water partition coefficient (Wildman–Crippen LogP) is 2.31. The zero-order chi connectivity index (χ0) is 16.1. The van der Waals surface area contributed by atoms with Crippen molar-refractivity contribution in [2.45, 2.75) is 39.2 Å². The number of thiazole rings is 1. The van der Waals surface area contributed by atoms with E-state index in [4.69, 9.17) is 9.84 Å². The monoisotopic (exact) mass is 326 g/mol. The Morgan fingerprint density at radius 2 is 2.27 bits per heavy atom. The molecule has 1 amide bonds. The molecule has 1 N–H and O–H groups in total. The van der Waals surface area contributed by atoms with Crippen molar-refractivity contribution in [2.75, 3.05) is 20.2 Å². The number of rotatable bonds is 6. The Hall–Kier alpha value is -1.47. The van der Waals surface area contributed by atoms with Crippen LogP contribution in [0.15, 0.2) is 0 Å². The highest BCUT2D eigenvalue weighted by atomic mass is 32.1. The lowest BCUT2D eigenvalue weighted by Crippen LogP contribution is -2.40. The SMILES string of the molecule is COCc1nc(C)c(C(=O)N2CCCC(CCC(=O)O)C2)s1. The third-order valence-electron chi connectivity index (χ3n) is 3.88. The van der Waals surface area contributed by atoms with E-state index in [1.54, 1.807) is 7.11 Å². The van der Waals surface area contributed by atoms with Crippen LogP contribution >= 0.6 is 11.3 Å². The van der Waals surface area contributed by atoms with Gasteiger partial charge < -0.3 is 14.7 Å². The fourth-order valence-corrected chi connectivity index (χ4v) is 3.80. The van der Waals surface area contributed by atoms with Gasteiger partial charge in [-0.25, -0.2) is 4.98 Å². The first kappa shape index (κ1) is 16.9. The highest BCUT2D eigenvalue weighted by Crippen LogP contribution is 2.26. The summed E-state index contributed by atoms with van der Waals surface area (Å²) in [6.07, 6.45) is 2.73. The van der Waals surface area contributed by atoms with E-state index in [9.17, 15) is 9.59 Å². The maximum Gasteiger partial charge on any atom is 0.303 e. The Morgan fingerprint density at radius 1 is 1.50 bits per heavy atom. The molecule has 22 heavy (non-hydrogen) atoms. The highest BCUT2D eigenvalue weighted by Gasteiger charge is 2.27. The molecule has 1 unspecified atom stereocenters. The van der Waals surface area contributed by atoms with Crippen LogP contribution in [-0.4, -0.2) is 47.1 Å².